The smallest absolute Gasteiger partial charge is 0.104 e. The number of rotatable bonds is 5. The Labute approximate surface area is 84.8 Å². The van der Waals surface area contributed by atoms with Crippen LogP contribution in [0.15, 0.2) is 30.3 Å². The molecule has 1 saturated heterocycles. The molecule has 1 aromatic carbocycles. The van der Waals surface area contributed by atoms with Crippen LogP contribution in [0, 0.1) is 0 Å². The summed E-state index contributed by atoms with van der Waals surface area (Å²) in [4.78, 5) is 0. The molecule has 76 valence electrons. The number of aryl methyl sites for hydroxylation is 1. The number of benzene rings is 1. The summed E-state index contributed by atoms with van der Waals surface area (Å²) in [6.45, 7) is 2.42. The van der Waals surface area contributed by atoms with Crippen molar-refractivity contribution in [3.8, 4) is 0 Å². The Hall–Kier alpha value is -0.860. The predicted octanol–water partition coefficient (Wildman–Crippen LogP) is 2.03. The summed E-state index contributed by atoms with van der Waals surface area (Å²) in [5.74, 6) is 0. The molecule has 0 radical (unpaired) electrons. The lowest BCUT2D eigenvalue weighted by Gasteiger charge is -2.25. The molecule has 1 aliphatic rings. The van der Waals surface area contributed by atoms with Crippen LogP contribution in [0.25, 0.3) is 0 Å². The van der Waals surface area contributed by atoms with E-state index in [0.29, 0.717) is 6.10 Å². The highest BCUT2D eigenvalue weighted by Gasteiger charge is 2.17. The number of hydrogen-bond donors (Lipinski definition) is 0. The molecule has 0 bridgehead atoms. The van der Waals surface area contributed by atoms with Gasteiger partial charge in [-0.3, -0.25) is 0 Å². The van der Waals surface area contributed by atoms with Crippen molar-refractivity contribution in [1.29, 1.82) is 0 Å². The second kappa shape index (κ2) is 5.13. The van der Waals surface area contributed by atoms with E-state index in [1.807, 2.05) is 6.07 Å². The monoisotopic (exact) mass is 192 g/mol. The van der Waals surface area contributed by atoms with Crippen molar-refractivity contribution in [2.75, 3.05) is 19.8 Å². The lowest BCUT2D eigenvalue weighted by molar-refractivity contribution is -0.129. The summed E-state index contributed by atoms with van der Waals surface area (Å²) < 4.78 is 10.6. The van der Waals surface area contributed by atoms with Crippen LogP contribution in [0.1, 0.15) is 12.0 Å². The molecular formula is C12H16O2. The van der Waals surface area contributed by atoms with Crippen molar-refractivity contribution >= 4 is 0 Å². The Bertz CT molecular complexity index is 254. The molecular weight excluding hydrogens is 176 g/mol. The fourth-order valence-electron chi connectivity index (χ4n) is 1.48. The van der Waals surface area contributed by atoms with Gasteiger partial charge in [-0.15, -0.1) is 0 Å². The van der Waals surface area contributed by atoms with Gasteiger partial charge in [-0.25, -0.2) is 0 Å². The van der Waals surface area contributed by atoms with E-state index in [1.165, 1.54) is 5.56 Å². The van der Waals surface area contributed by atoms with E-state index in [4.69, 9.17) is 9.47 Å². The molecule has 1 aromatic rings. The average molecular weight is 192 g/mol. The minimum atomic E-state index is 0.366. The van der Waals surface area contributed by atoms with Crippen LogP contribution >= 0.6 is 0 Å². The lowest BCUT2D eigenvalue weighted by atomic mass is 10.1. The van der Waals surface area contributed by atoms with Gasteiger partial charge in [-0.1, -0.05) is 30.3 Å². The Balaban J connectivity index is 1.58. The van der Waals surface area contributed by atoms with Crippen LogP contribution in [-0.2, 0) is 15.9 Å². The summed E-state index contributed by atoms with van der Waals surface area (Å²) in [7, 11) is 0. The van der Waals surface area contributed by atoms with Gasteiger partial charge in [0.2, 0.25) is 0 Å². The molecule has 2 rings (SSSR count). The maximum absolute atomic E-state index is 5.57. The van der Waals surface area contributed by atoms with Gasteiger partial charge in [0.1, 0.15) is 6.10 Å². The van der Waals surface area contributed by atoms with E-state index >= 15 is 0 Å². The Morgan fingerprint density at radius 3 is 2.64 bits per heavy atom. The fourth-order valence-corrected chi connectivity index (χ4v) is 1.48. The van der Waals surface area contributed by atoms with E-state index < -0.39 is 0 Å². The summed E-state index contributed by atoms with van der Waals surface area (Å²) in [6.07, 6.45) is 2.57. The predicted molar refractivity (Wildman–Crippen MR) is 55.3 cm³/mol. The molecule has 0 saturated carbocycles. The molecule has 0 spiro atoms. The normalized spacial score (nSPS) is 16.6. The maximum atomic E-state index is 5.57. The maximum Gasteiger partial charge on any atom is 0.104 e. The minimum Gasteiger partial charge on any atom is -0.376 e. The fraction of sp³-hybridized carbons (Fsp3) is 0.500. The molecule has 1 fully saturated rings. The van der Waals surface area contributed by atoms with E-state index in [0.717, 1.165) is 32.7 Å². The molecule has 0 aromatic heterocycles. The highest BCUT2D eigenvalue weighted by Crippen LogP contribution is 2.07. The highest BCUT2D eigenvalue weighted by atomic mass is 16.6. The van der Waals surface area contributed by atoms with E-state index in [9.17, 15) is 0 Å². The third kappa shape index (κ3) is 2.82. The van der Waals surface area contributed by atoms with Crippen molar-refractivity contribution in [2.24, 2.45) is 0 Å². The van der Waals surface area contributed by atoms with Crippen LogP contribution < -0.4 is 0 Å². The van der Waals surface area contributed by atoms with E-state index in [-0.39, 0.29) is 0 Å². The molecule has 14 heavy (non-hydrogen) atoms. The molecule has 0 atom stereocenters. The molecule has 2 heteroatoms. The molecule has 1 heterocycles. The zero-order valence-electron chi connectivity index (χ0n) is 8.32. The first kappa shape index (κ1) is 9.69. The van der Waals surface area contributed by atoms with Crippen molar-refractivity contribution in [2.45, 2.75) is 18.9 Å². The molecule has 0 unspecified atom stereocenters. The molecule has 0 amide bonds. The lowest BCUT2D eigenvalue weighted by Crippen LogP contribution is -2.36. The van der Waals surface area contributed by atoms with Gasteiger partial charge in [0.05, 0.1) is 13.2 Å². The SMILES string of the molecule is c1ccc(CCCOC2COC2)cc1. The molecule has 1 aliphatic heterocycles. The first-order valence-corrected chi connectivity index (χ1v) is 5.18. The second-order valence-corrected chi connectivity index (χ2v) is 3.62. The standard InChI is InChI=1S/C12H16O2/c1-2-5-11(6-3-1)7-4-8-14-12-9-13-10-12/h1-3,5-6,12H,4,7-10H2. The summed E-state index contributed by atoms with van der Waals surface area (Å²) >= 11 is 0. The van der Waals surface area contributed by atoms with Gasteiger partial charge in [-0.2, -0.15) is 0 Å². The van der Waals surface area contributed by atoms with Crippen LogP contribution in [0.4, 0.5) is 0 Å². The largest absolute Gasteiger partial charge is 0.376 e. The van der Waals surface area contributed by atoms with Gasteiger partial charge in [0.15, 0.2) is 0 Å². The number of ether oxygens (including phenoxy) is 2. The van der Waals surface area contributed by atoms with Gasteiger partial charge in [0, 0.05) is 6.61 Å². The zero-order chi connectivity index (χ0) is 9.64. The molecule has 2 nitrogen and oxygen atoms in total. The Kier molecular flexibility index (Phi) is 3.55. The van der Waals surface area contributed by atoms with E-state index in [2.05, 4.69) is 24.3 Å². The van der Waals surface area contributed by atoms with Crippen molar-refractivity contribution in [3.63, 3.8) is 0 Å². The highest BCUT2D eigenvalue weighted by molar-refractivity contribution is 5.14. The van der Waals surface area contributed by atoms with Gasteiger partial charge in [-0.05, 0) is 18.4 Å². The van der Waals surface area contributed by atoms with Crippen LogP contribution in [-0.4, -0.2) is 25.9 Å². The molecule has 0 N–H and O–H groups in total. The second-order valence-electron chi connectivity index (χ2n) is 3.62. The summed E-state index contributed by atoms with van der Waals surface area (Å²) in [6, 6.07) is 10.5. The van der Waals surface area contributed by atoms with Gasteiger partial charge >= 0.3 is 0 Å². The van der Waals surface area contributed by atoms with Gasteiger partial charge in [0.25, 0.3) is 0 Å². The van der Waals surface area contributed by atoms with Crippen molar-refractivity contribution in [3.05, 3.63) is 35.9 Å². The van der Waals surface area contributed by atoms with Crippen LogP contribution in [0.5, 0.6) is 0 Å². The number of hydrogen-bond acceptors (Lipinski definition) is 2. The zero-order valence-corrected chi connectivity index (χ0v) is 8.32. The minimum absolute atomic E-state index is 0.366. The van der Waals surface area contributed by atoms with Crippen molar-refractivity contribution in [1.82, 2.24) is 0 Å². The quantitative estimate of drug-likeness (QED) is 0.665. The van der Waals surface area contributed by atoms with Crippen LogP contribution in [0.2, 0.25) is 0 Å². The first-order valence-electron chi connectivity index (χ1n) is 5.18. The molecule has 0 aliphatic carbocycles. The third-order valence-corrected chi connectivity index (χ3v) is 2.41. The third-order valence-electron chi connectivity index (χ3n) is 2.41. The van der Waals surface area contributed by atoms with Gasteiger partial charge < -0.3 is 9.47 Å². The first-order chi connectivity index (χ1) is 6.95. The average Bonchev–Trinajstić information content (AvgIpc) is 2.16. The Morgan fingerprint density at radius 1 is 1.21 bits per heavy atom. The van der Waals surface area contributed by atoms with Crippen LogP contribution in [0.3, 0.4) is 0 Å². The topological polar surface area (TPSA) is 18.5 Å². The van der Waals surface area contributed by atoms with E-state index in [1.54, 1.807) is 0 Å². The Morgan fingerprint density at radius 2 is 2.00 bits per heavy atom. The van der Waals surface area contributed by atoms with Crippen molar-refractivity contribution < 1.29 is 9.47 Å². The summed E-state index contributed by atoms with van der Waals surface area (Å²) in [5.41, 5.74) is 1.39. The summed E-state index contributed by atoms with van der Waals surface area (Å²) in [5, 5.41) is 0.